The molecular formula is C20H28BrNO5. The molecule has 150 valence electrons. The van der Waals surface area contributed by atoms with Gasteiger partial charge in [-0.3, -0.25) is 9.59 Å². The molecule has 27 heavy (non-hydrogen) atoms. The Morgan fingerprint density at radius 1 is 1.11 bits per heavy atom. The monoisotopic (exact) mass is 441 g/mol. The Labute approximate surface area is 169 Å². The molecule has 0 aliphatic rings. The van der Waals surface area contributed by atoms with E-state index in [4.69, 9.17) is 14.2 Å². The van der Waals surface area contributed by atoms with Crippen molar-refractivity contribution >= 4 is 27.8 Å². The highest BCUT2D eigenvalue weighted by atomic mass is 79.9. The lowest BCUT2D eigenvalue weighted by Crippen LogP contribution is -2.35. The van der Waals surface area contributed by atoms with E-state index in [2.05, 4.69) is 22.5 Å². The normalized spacial score (nSPS) is 10.3. The van der Waals surface area contributed by atoms with Crippen LogP contribution in [0.25, 0.3) is 0 Å². The maximum Gasteiger partial charge on any atom is 0.310 e. The standard InChI is InChI=1S/C20H28BrNO5/c1-6-22(12-14(4)5)19(23)13-27-20(24)10-15-9-17(25-7-2)18(26-8-3)11-16(15)21/h9,11H,4,6-8,10,12-13H2,1-3,5H3. The van der Waals surface area contributed by atoms with E-state index in [-0.39, 0.29) is 18.9 Å². The summed E-state index contributed by atoms with van der Waals surface area (Å²) in [6.45, 7) is 13.0. The fraction of sp³-hybridized carbons (Fsp3) is 0.500. The van der Waals surface area contributed by atoms with Gasteiger partial charge in [-0.05, 0) is 45.4 Å². The lowest BCUT2D eigenvalue weighted by Gasteiger charge is -2.20. The van der Waals surface area contributed by atoms with Gasteiger partial charge < -0.3 is 19.1 Å². The van der Waals surface area contributed by atoms with Crippen LogP contribution in [0, 0.1) is 0 Å². The number of amides is 1. The van der Waals surface area contributed by atoms with E-state index < -0.39 is 5.97 Å². The van der Waals surface area contributed by atoms with Crippen molar-refractivity contribution in [2.45, 2.75) is 34.1 Å². The number of rotatable bonds is 11. The zero-order valence-corrected chi connectivity index (χ0v) is 18.1. The molecule has 6 nitrogen and oxygen atoms in total. The molecule has 0 bridgehead atoms. The third-order valence-electron chi connectivity index (χ3n) is 3.60. The van der Waals surface area contributed by atoms with Gasteiger partial charge in [0.15, 0.2) is 18.1 Å². The number of halogens is 1. The highest BCUT2D eigenvalue weighted by Gasteiger charge is 2.17. The van der Waals surface area contributed by atoms with Crippen LogP contribution in [0.2, 0.25) is 0 Å². The van der Waals surface area contributed by atoms with Crippen LogP contribution in [0.5, 0.6) is 11.5 Å². The first kappa shape index (κ1) is 23.0. The minimum absolute atomic E-state index is 0.0208. The molecule has 1 amide bonds. The average molecular weight is 442 g/mol. The van der Waals surface area contributed by atoms with Crippen molar-refractivity contribution in [3.05, 3.63) is 34.3 Å². The van der Waals surface area contributed by atoms with E-state index in [1.54, 1.807) is 17.0 Å². The maximum atomic E-state index is 12.2. The van der Waals surface area contributed by atoms with Gasteiger partial charge in [-0.15, -0.1) is 0 Å². The molecule has 0 atom stereocenters. The zero-order chi connectivity index (χ0) is 20.4. The summed E-state index contributed by atoms with van der Waals surface area (Å²) in [5.74, 6) is 0.452. The molecule has 1 aromatic rings. The molecular weight excluding hydrogens is 414 g/mol. The molecule has 7 heteroatoms. The van der Waals surface area contributed by atoms with Gasteiger partial charge in [-0.2, -0.15) is 0 Å². The Kier molecular flexibility index (Phi) is 9.93. The lowest BCUT2D eigenvalue weighted by atomic mass is 10.1. The summed E-state index contributed by atoms with van der Waals surface area (Å²) < 4.78 is 17.0. The molecule has 0 N–H and O–H groups in total. The van der Waals surface area contributed by atoms with E-state index in [1.165, 1.54) is 0 Å². The number of nitrogens with zero attached hydrogens (tertiary/aromatic N) is 1. The number of hydrogen-bond donors (Lipinski definition) is 0. The predicted octanol–water partition coefficient (Wildman–Crippen LogP) is 3.76. The second-order valence-electron chi connectivity index (χ2n) is 5.96. The summed E-state index contributed by atoms with van der Waals surface area (Å²) in [6, 6.07) is 3.52. The van der Waals surface area contributed by atoms with Crippen molar-refractivity contribution in [1.29, 1.82) is 0 Å². The molecule has 0 aromatic heterocycles. The highest BCUT2D eigenvalue weighted by molar-refractivity contribution is 9.10. The zero-order valence-electron chi connectivity index (χ0n) is 16.5. The minimum atomic E-state index is -0.484. The van der Waals surface area contributed by atoms with E-state index in [9.17, 15) is 9.59 Å². The Morgan fingerprint density at radius 2 is 1.70 bits per heavy atom. The largest absolute Gasteiger partial charge is 0.490 e. The summed E-state index contributed by atoms with van der Waals surface area (Å²) in [5, 5.41) is 0. The van der Waals surface area contributed by atoms with Crippen LogP contribution in [0.4, 0.5) is 0 Å². The third kappa shape index (κ3) is 7.62. The molecule has 0 heterocycles. The second kappa shape index (κ2) is 11.6. The number of hydrogen-bond acceptors (Lipinski definition) is 5. The van der Waals surface area contributed by atoms with E-state index in [1.807, 2.05) is 27.7 Å². The SMILES string of the molecule is C=C(C)CN(CC)C(=O)COC(=O)Cc1cc(OCC)c(OCC)cc1Br. The maximum absolute atomic E-state index is 12.2. The van der Waals surface area contributed by atoms with Crippen LogP contribution in [0.1, 0.15) is 33.3 Å². The number of likely N-dealkylation sites (N-methyl/N-ethyl adjacent to an activating group) is 1. The number of carbonyl (C=O) groups is 2. The van der Waals surface area contributed by atoms with Crippen molar-refractivity contribution < 1.29 is 23.8 Å². The quantitative estimate of drug-likeness (QED) is 0.386. The summed E-state index contributed by atoms with van der Waals surface area (Å²) >= 11 is 3.44. The molecule has 0 fully saturated rings. The van der Waals surface area contributed by atoms with Crippen LogP contribution in [-0.4, -0.2) is 49.7 Å². The van der Waals surface area contributed by atoms with E-state index in [0.717, 1.165) is 10.0 Å². The number of carbonyl (C=O) groups excluding carboxylic acids is 2. The van der Waals surface area contributed by atoms with Gasteiger partial charge in [0, 0.05) is 17.6 Å². The fourth-order valence-electron chi connectivity index (χ4n) is 2.39. The van der Waals surface area contributed by atoms with Gasteiger partial charge in [-0.1, -0.05) is 28.1 Å². The summed E-state index contributed by atoms with van der Waals surface area (Å²) in [5.41, 5.74) is 1.58. The highest BCUT2D eigenvalue weighted by Crippen LogP contribution is 2.34. The molecule has 0 radical (unpaired) electrons. The Hall–Kier alpha value is -2.02. The van der Waals surface area contributed by atoms with Crippen molar-refractivity contribution in [2.24, 2.45) is 0 Å². The first-order valence-electron chi connectivity index (χ1n) is 8.98. The molecule has 0 aliphatic carbocycles. The molecule has 0 spiro atoms. The van der Waals surface area contributed by atoms with Gasteiger partial charge in [0.2, 0.25) is 0 Å². The van der Waals surface area contributed by atoms with Crippen molar-refractivity contribution in [1.82, 2.24) is 4.90 Å². The topological polar surface area (TPSA) is 65.1 Å². The van der Waals surface area contributed by atoms with Crippen LogP contribution in [-0.2, 0) is 20.7 Å². The Balaban J connectivity index is 2.74. The van der Waals surface area contributed by atoms with Crippen molar-refractivity contribution in [3.8, 4) is 11.5 Å². The first-order valence-corrected chi connectivity index (χ1v) is 9.77. The van der Waals surface area contributed by atoms with Gasteiger partial charge >= 0.3 is 5.97 Å². The lowest BCUT2D eigenvalue weighted by molar-refractivity contribution is -0.151. The van der Waals surface area contributed by atoms with Gasteiger partial charge in [-0.25, -0.2) is 0 Å². The molecule has 0 aliphatic heterocycles. The van der Waals surface area contributed by atoms with Crippen LogP contribution >= 0.6 is 15.9 Å². The second-order valence-corrected chi connectivity index (χ2v) is 6.81. The van der Waals surface area contributed by atoms with Crippen LogP contribution in [0.15, 0.2) is 28.8 Å². The molecule has 1 rings (SSSR count). The third-order valence-corrected chi connectivity index (χ3v) is 4.34. The summed E-state index contributed by atoms with van der Waals surface area (Å²) in [7, 11) is 0. The van der Waals surface area contributed by atoms with Gasteiger partial charge in [0.25, 0.3) is 5.91 Å². The molecule has 0 unspecified atom stereocenters. The van der Waals surface area contributed by atoms with Crippen molar-refractivity contribution in [2.75, 3.05) is 32.9 Å². The molecule has 0 saturated heterocycles. The molecule has 0 saturated carbocycles. The van der Waals surface area contributed by atoms with Crippen molar-refractivity contribution in [3.63, 3.8) is 0 Å². The fourth-order valence-corrected chi connectivity index (χ4v) is 2.85. The van der Waals surface area contributed by atoms with Crippen LogP contribution in [0.3, 0.4) is 0 Å². The predicted molar refractivity (Wildman–Crippen MR) is 108 cm³/mol. The first-order chi connectivity index (χ1) is 12.8. The number of ether oxygens (including phenoxy) is 3. The Bertz CT molecular complexity index is 675. The summed E-state index contributed by atoms with van der Waals surface area (Å²) in [6.07, 6.45) is 0.0208. The molecule has 1 aromatic carbocycles. The van der Waals surface area contributed by atoms with E-state index in [0.29, 0.717) is 43.4 Å². The Morgan fingerprint density at radius 3 is 2.22 bits per heavy atom. The van der Waals surface area contributed by atoms with Crippen LogP contribution < -0.4 is 9.47 Å². The van der Waals surface area contributed by atoms with Gasteiger partial charge in [0.1, 0.15) is 0 Å². The van der Waals surface area contributed by atoms with Gasteiger partial charge in [0.05, 0.1) is 19.6 Å². The summed E-state index contributed by atoms with van der Waals surface area (Å²) in [4.78, 5) is 25.9. The van der Waals surface area contributed by atoms with E-state index >= 15 is 0 Å². The minimum Gasteiger partial charge on any atom is -0.490 e. The number of esters is 1. The average Bonchev–Trinajstić information content (AvgIpc) is 2.61. The smallest absolute Gasteiger partial charge is 0.310 e. The number of benzene rings is 1.